The van der Waals surface area contributed by atoms with Crippen molar-refractivity contribution in [1.29, 1.82) is 0 Å². The van der Waals surface area contributed by atoms with Crippen LogP contribution >= 0.6 is 0 Å². The van der Waals surface area contributed by atoms with Crippen LogP contribution in [0.4, 0.5) is 0 Å². The Hall–Kier alpha value is -5.55. The maximum Gasteiger partial charge on any atom is 0.272 e. The lowest BCUT2D eigenvalue weighted by molar-refractivity contribution is -0.130. The van der Waals surface area contributed by atoms with Crippen molar-refractivity contribution in [3.05, 3.63) is 119 Å². The van der Waals surface area contributed by atoms with E-state index in [4.69, 9.17) is 10.7 Å². The number of imidazole rings is 2. The predicted octanol–water partition coefficient (Wildman–Crippen LogP) is 4.16. The van der Waals surface area contributed by atoms with Crippen LogP contribution in [-0.2, 0) is 31.0 Å². The molecule has 0 radical (unpaired) electrons. The van der Waals surface area contributed by atoms with Crippen LogP contribution in [-0.4, -0.2) is 54.8 Å². The van der Waals surface area contributed by atoms with Gasteiger partial charge >= 0.3 is 0 Å². The van der Waals surface area contributed by atoms with Gasteiger partial charge in [0.05, 0.1) is 24.0 Å². The lowest BCUT2D eigenvalue weighted by Crippen LogP contribution is -2.38. The highest BCUT2D eigenvalue weighted by Gasteiger charge is 2.29. The first-order chi connectivity index (χ1) is 22.8. The van der Waals surface area contributed by atoms with Crippen molar-refractivity contribution in [2.45, 2.75) is 46.1 Å². The van der Waals surface area contributed by atoms with E-state index in [1.54, 1.807) is 11.8 Å². The highest BCUT2D eigenvalue weighted by atomic mass is 16.2. The molecular weight excluding hydrogens is 592 g/mol. The third-order valence-corrected chi connectivity index (χ3v) is 8.49. The Morgan fingerprint density at radius 3 is 1.89 bits per heavy atom. The molecule has 0 unspecified atom stereocenters. The Morgan fingerprint density at radius 2 is 1.32 bits per heavy atom. The molecule has 2 aromatic heterocycles. The molecule has 0 bridgehead atoms. The van der Waals surface area contributed by atoms with Crippen molar-refractivity contribution in [2.24, 2.45) is 5.73 Å². The van der Waals surface area contributed by atoms with E-state index >= 15 is 0 Å². The van der Waals surface area contributed by atoms with Crippen LogP contribution in [0.5, 0.6) is 0 Å². The zero-order chi connectivity index (χ0) is 32.9. The minimum Gasteiger partial charge on any atom is -0.364 e. The van der Waals surface area contributed by atoms with Crippen molar-refractivity contribution in [2.75, 3.05) is 13.1 Å². The summed E-state index contributed by atoms with van der Waals surface area (Å²) < 4.78 is 4.14. The van der Waals surface area contributed by atoms with Gasteiger partial charge in [0.2, 0.25) is 5.91 Å². The highest BCUT2D eigenvalue weighted by Crippen LogP contribution is 2.27. The van der Waals surface area contributed by atoms with E-state index < -0.39 is 5.91 Å². The Kier molecular flexibility index (Phi) is 9.25. The Labute approximate surface area is 273 Å². The second-order valence-electron chi connectivity index (χ2n) is 11.6. The summed E-state index contributed by atoms with van der Waals surface area (Å²) in [6.45, 7) is 7.45. The molecule has 0 saturated carbocycles. The van der Waals surface area contributed by atoms with E-state index in [1.165, 1.54) is 0 Å². The number of benzene rings is 3. The number of nitrogens with one attached hydrogen (secondary N) is 2. The first-order valence-corrected chi connectivity index (χ1v) is 15.7. The number of nitrogens with two attached hydrogens (primary N) is 1. The molecule has 5 aromatic rings. The molecular formula is C36H38N8O3. The summed E-state index contributed by atoms with van der Waals surface area (Å²) in [5.74, 6) is 0.896. The largest absolute Gasteiger partial charge is 0.364 e. The van der Waals surface area contributed by atoms with Gasteiger partial charge in [-0.25, -0.2) is 9.97 Å². The number of rotatable bonds is 6. The van der Waals surface area contributed by atoms with Gasteiger partial charge in [0.25, 0.3) is 11.8 Å². The number of carbonyl (C=O) groups excluding carboxylic acids is 3. The molecule has 11 heteroatoms. The Bertz CT molecular complexity index is 1880. The van der Waals surface area contributed by atoms with E-state index in [2.05, 4.69) is 24.8 Å². The molecule has 240 valence electrons. The number of nitrogens with zero attached hydrogens (tertiary/aromatic N) is 5. The average Bonchev–Trinajstić information content (AvgIpc) is 3.69. The van der Waals surface area contributed by atoms with Crippen molar-refractivity contribution < 1.29 is 14.4 Å². The Balaban J connectivity index is 0.000000183. The maximum absolute atomic E-state index is 13.1. The van der Waals surface area contributed by atoms with Gasteiger partial charge in [-0.3, -0.25) is 14.4 Å². The highest BCUT2D eigenvalue weighted by molar-refractivity contribution is 5.95. The van der Waals surface area contributed by atoms with Crippen LogP contribution in [0.25, 0.3) is 22.8 Å². The summed E-state index contributed by atoms with van der Waals surface area (Å²) in [4.78, 5) is 47.4. The number of carbonyl (C=O) groups is 3. The molecule has 47 heavy (non-hydrogen) atoms. The normalized spacial score (nSPS) is 14.2. The first-order valence-electron chi connectivity index (χ1n) is 15.7. The molecule has 3 aromatic carbocycles. The molecule has 11 nitrogen and oxygen atoms in total. The summed E-state index contributed by atoms with van der Waals surface area (Å²) in [6.07, 6.45) is 0. The van der Waals surface area contributed by atoms with E-state index in [9.17, 15) is 14.4 Å². The zero-order valence-corrected chi connectivity index (χ0v) is 26.5. The molecule has 4 heterocycles. The standard InChI is InChI=1S/C23H24N4O2.C13H14N4O/c1-16(18-9-5-3-6-10-18)24-23(29)21-20-15-26(17(2)28)13-14-27(20)22(25-21)19-11-7-4-8-12-19;14-12(18)11-10-8-15-6-7-17(10)13(16-11)9-4-2-1-3-5-9/h3-12,16H,13-15H2,1-2H3,(H,24,29);1-5,15H,6-8H2,(H2,14,18)/t16-;/m0./s1. The molecule has 2 aliphatic heterocycles. The van der Waals surface area contributed by atoms with Crippen LogP contribution in [0.1, 0.15) is 57.8 Å². The minimum absolute atomic E-state index is 0.00252. The van der Waals surface area contributed by atoms with Crippen molar-refractivity contribution in [3.8, 4) is 22.8 Å². The van der Waals surface area contributed by atoms with Crippen LogP contribution in [0.15, 0.2) is 91.0 Å². The first kappa shape index (κ1) is 31.4. The second-order valence-corrected chi connectivity index (χ2v) is 11.6. The molecule has 4 N–H and O–H groups in total. The number of primary amides is 1. The molecule has 0 saturated heterocycles. The zero-order valence-electron chi connectivity index (χ0n) is 26.5. The average molecular weight is 631 g/mol. The molecule has 0 spiro atoms. The molecule has 3 amide bonds. The third-order valence-electron chi connectivity index (χ3n) is 8.49. The number of amides is 3. The van der Waals surface area contributed by atoms with Gasteiger partial charge in [-0.05, 0) is 12.5 Å². The summed E-state index contributed by atoms with van der Waals surface area (Å²) >= 11 is 0. The number of hydrogen-bond donors (Lipinski definition) is 3. The summed E-state index contributed by atoms with van der Waals surface area (Å²) in [5, 5.41) is 6.29. The molecule has 7 rings (SSSR count). The summed E-state index contributed by atoms with van der Waals surface area (Å²) in [7, 11) is 0. The van der Waals surface area contributed by atoms with Crippen LogP contribution in [0.3, 0.4) is 0 Å². The van der Waals surface area contributed by atoms with Gasteiger partial charge in [0, 0.05) is 50.8 Å². The van der Waals surface area contributed by atoms with Crippen LogP contribution in [0, 0.1) is 0 Å². The SMILES string of the molecule is CC(=O)N1CCn2c(-c3ccccc3)nc(C(=O)N[C@@H](C)c3ccccc3)c2C1.NC(=O)c1nc(-c2ccccc2)n2c1CNCC2. The molecule has 2 aliphatic rings. The van der Waals surface area contributed by atoms with E-state index in [-0.39, 0.29) is 17.9 Å². The van der Waals surface area contributed by atoms with Crippen molar-refractivity contribution in [1.82, 2.24) is 34.6 Å². The topological polar surface area (TPSA) is 140 Å². The summed E-state index contributed by atoms with van der Waals surface area (Å²) in [6, 6.07) is 29.4. The fourth-order valence-electron chi connectivity index (χ4n) is 6.03. The maximum atomic E-state index is 13.1. The Morgan fingerprint density at radius 1 is 0.766 bits per heavy atom. The predicted molar refractivity (Wildman–Crippen MR) is 179 cm³/mol. The lowest BCUT2D eigenvalue weighted by Gasteiger charge is -2.28. The van der Waals surface area contributed by atoms with E-state index in [0.29, 0.717) is 37.6 Å². The smallest absolute Gasteiger partial charge is 0.272 e. The van der Waals surface area contributed by atoms with Gasteiger partial charge in [-0.2, -0.15) is 0 Å². The number of fused-ring (bicyclic) bond motifs is 2. The fraction of sp³-hybridized carbons (Fsp3) is 0.250. The molecule has 0 fully saturated rings. The third kappa shape index (κ3) is 6.70. The van der Waals surface area contributed by atoms with E-state index in [0.717, 1.165) is 52.8 Å². The number of hydrogen-bond acceptors (Lipinski definition) is 6. The number of aromatic nitrogens is 4. The fourth-order valence-corrected chi connectivity index (χ4v) is 6.03. The van der Waals surface area contributed by atoms with Gasteiger partial charge in [0.15, 0.2) is 11.4 Å². The molecule has 0 aliphatic carbocycles. The van der Waals surface area contributed by atoms with Gasteiger partial charge < -0.3 is 30.4 Å². The molecule has 1 atom stereocenters. The lowest BCUT2D eigenvalue weighted by atomic mass is 10.1. The van der Waals surface area contributed by atoms with Gasteiger partial charge in [-0.1, -0.05) is 91.0 Å². The minimum atomic E-state index is -0.468. The van der Waals surface area contributed by atoms with Crippen LogP contribution in [0.2, 0.25) is 0 Å². The quantitative estimate of drug-likeness (QED) is 0.258. The van der Waals surface area contributed by atoms with Crippen molar-refractivity contribution >= 4 is 17.7 Å². The van der Waals surface area contributed by atoms with Crippen molar-refractivity contribution in [3.63, 3.8) is 0 Å². The summed E-state index contributed by atoms with van der Waals surface area (Å²) in [5.41, 5.74) is 10.8. The van der Waals surface area contributed by atoms with E-state index in [1.807, 2.05) is 97.9 Å². The van der Waals surface area contributed by atoms with Gasteiger partial charge in [0.1, 0.15) is 11.6 Å². The monoisotopic (exact) mass is 630 g/mol. The van der Waals surface area contributed by atoms with Crippen LogP contribution < -0.4 is 16.4 Å². The second kappa shape index (κ2) is 13.8. The van der Waals surface area contributed by atoms with Gasteiger partial charge in [-0.15, -0.1) is 0 Å².